The van der Waals surface area contributed by atoms with E-state index in [1.165, 1.54) is 29.8 Å². The van der Waals surface area contributed by atoms with Crippen LogP contribution in [0.2, 0.25) is 0 Å². The number of amides is 1. The normalized spacial score (nSPS) is 11.0. The fourth-order valence-corrected chi connectivity index (χ4v) is 4.14. The second-order valence-corrected chi connectivity index (χ2v) is 8.17. The Bertz CT molecular complexity index is 1130. The van der Waals surface area contributed by atoms with Gasteiger partial charge in [-0.15, -0.1) is 0 Å². The van der Waals surface area contributed by atoms with E-state index in [1.54, 1.807) is 35.9 Å². The van der Waals surface area contributed by atoms with Gasteiger partial charge in [0.1, 0.15) is 0 Å². The van der Waals surface area contributed by atoms with Crippen LogP contribution in [0.5, 0.6) is 5.75 Å². The van der Waals surface area contributed by atoms with Crippen LogP contribution < -0.4 is 10.3 Å². The summed E-state index contributed by atoms with van der Waals surface area (Å²) in [5, 5.41) is 1.11. The zero-order valence-electron chi connectivity index (χ0n) is 17.9. The molecule has 0 spiro atoms. The first-order chi connectivity index (χ1) is 14.9. The zero-order valence-corrected chi connectivity index (χ0v) is 18.7. The molecule has 0 aliphatic heterocycles. The lowest BCUT2D eigenvalue weighted by Crippen LogP contribution is -2.29. The summed E-state index contributed by atoms with van der Waals surface area (Å²) in [6, 6.07) is 11.9. The van der Waals surface area contributed by atoms with E-state index < -0.39 is 5.82 Å². The molecular weight excluding hydrogens is 417 g/mol. The molecule has 0 bridgehead atoms. The maximum atomic E-state index is 13.9. The Morgan fingerprint density at radius 2 is 2.03 bits per heavy atom. The van der Waals surface area contributed by atoms with Crippen LogP contribution >= 0.6 is 11.8 Å². The number of benzene rings is 2. The number of rotatable bonds is 9. The quantitative estimate of drug-likeness (QED) is 0.368. The molecule has 0 saturated heterocycles. The molecule has 164 valence electrons. The van der Waals surface area contributed by atoms with Crippen molar-refractivity contribution >= 4 is 28.6 Å². The number of halogens is 1. The zero-order chi connectivity index (χ0) is 22.4. The van der Waals surface area contributed by atoms with Crippen molar-refractivity contribution in [3.8, 4) is 5.75 Å². The Hall–Kier alpha value is -2.87. The van der Waals surface area contributed by atoms with Crippen molar-refractivity contribution in [2.75, 3.05) is 19.9 Å². The maximum absolute atomic E-state index is 13.9. The highest BCUT2D eigenvalue weighted by Crippen LogP contribution is 2.21. The minimum Gasteiger partial charge on any atom is -0.494 e. The summed E-state index contributed by atoms with van der Waals surface area (Å²) in [4.78, 5) is 31.8. The lowest BCUT2D eigenvalue weighted by molar-refractivity contribution is -0.127. The number of carbonyl (C=O) groups is 1. The van der Waals surface area contributed by atoms with Crippen molar-refractivity contribution in [3.63, 3.8) is 0 Å². The molecule has 0 saturated carbocycles. The molecule has 1 aromatic heterocycles. The standard InChI is InChI=1S/C23H26FN3O3S/c1-4-5-12-27-22(29)17-8-6-7-9-19(17)25-23(27)31-15-21(28)26(2)14-16-10-11-20(30-3)18(24)13-16/h6-11,13H,4-5,12,14-15H2,1-3H3. The minimum atomic E-state index is -0.462. The molecule has 0 fully saturated rings. The molecule has 2 aromatic carbocycles. The molecule has 0 N–H and O–H groups in total. The highest BCUT2D eigenvalue weighted by molar-refractivity contribution is 7.99. The van der Waals surface area contributed by atoms with Gasteiger partial charge in [-0.05, 0) is 36.2 Å². The van der Waals surface area contributed by atoms with Gasteiger partial charge in [0.05, 0.1) is 23.8 Å². The number of aromatic nitrogens is 2. The Kier molecular flexibility index (Phi) is 7.68. The molecule has 3 aromatic rings. The first kappa shape index (κ1) is 22.8. The van der Waals surface area contributed by atoms with Gasteiger partial charge >= 0.3 is 0 Å². The number of ether oxygens (including phenoxy) is 1. The number of methoxy groups -OCH3 is 1. The fraction of sp³-hybridized carbons (Fsp3) is 0.348. The van der Waals surface area contributed by atoms with E-state index in [4.69, 9.17) is 4.74 Å². The molecule has 0 atom stereocenters. The van der Waals surface area contributed by atoms with Gasteiger partial charge in [-0.1, -0.05) is 43.3 Å². The first-order valence-corrected chi connectivity index (χ1v) is 11.1. The van der Waals surface area contributed by atoms with Crippen molar-refractivity contribution < 1.29 is 13.9 Å². The summed E-state index contributed by atoms with van der Waals surface area (Å²) < 4.78 is 20.5. The van der Waals surface area contributed by atoms with Crippen LogP contribution in [0, 0.1) is 5.82 Å². The predicted octanol–water partition coefficient (Wildman–Crippen LogP) is 4.10. The van der Waals surface area contributed by atoms with E-state index in [9.17, 15) is 14.0 Å². The van der Waals surface area contributed by atoms with Gasteiger partial charge < -0.3 is 9.64 Å². The Labute approximate surface area is 185 Å². The lowest BCUT2D eigenvalue weighted by Gasteiger charge is -2.18. The number of carbonyl (C=O) groups excluding carboxylic acids is 1. The van der Waals surface area contributed by atoms with Crippen LogP contribution in [0.4, 0.5) is 4.39 Å². The summed E-state index contributed by atoms with van der Waals surface area (Å²) in [6.45, 7) is 2.89. The van der Waals surface area contributed by atoms with E-state index in [1.807, 2.05) is 12.1 Å². The van der Waals surface area contributed by atoms with E-state index in [0.29, 0.717) is 28.2 Å². The number of fused-ring (bicyclic) bond motifs is 1. The van der Waals surface area contributed by atoms with Crippen LogP contribution in [0.3, 0.4) is 0 Å². The molecule has 0 aliphatic carbocycles. The smallest absolute Gasteiger partial charge is 0.262 e. The number of hydrogen-bond acceptors (Lipinski definition) is 5. The number of unbranched alkanes of at least 4 members (excludes halogenated alkanes) is 1. The van der Waals surface area contributed by atoms with Gasteiger partial charge in [-0.3, -0.25) is 14.2 Å². The van der Waals surface area contributed by atoms with Crippen molar-refractivity contribution in [3.05, 3.63) is 64.2 Å². The largest absolute Gasteiger partial charge is 0.494 e. The van der Waals surface area contributed by atoms with E-state index in [2.05, 4.69) is 11.9 Å². The summed E-state index contributed by atoms with van der Waals surface area (Å²) in [7, 11) is 3.08. The van der Waals surface area contributed by atoms with Gasteiger partial charge in [-0.25, -0.2) is 9.37 Å². The second kappa shape index (κ2) is 10.4. The predicted molar refractivity (Wildman–Crippen MR) is 121 cm³/mol. The van der Waals surface area contributed by atoms with E-state index >= 15 is 0 Å². The summed E-state index contributed by atoms with van der Waals surface area (Å²) in [5.41, 5.74) is 1.20. The van der Waals surface area contributed by atoms with Gasteiger partial charge in [0.25, 0.3) is 5.56 Å². The van der Waals surface area contributed by atoms with Crippen LogP contribution in [-0.4, -0.2) is 40.3 Å². The van der Waals surface area contributed by atoms with Gasteiger partial charge in [0.15, 0.2) is 16.7 Å². The lowest BCUT2D eigenvalue weighted by atomic mass is 10.2. The summed E-state index contributed by atoms with van der Waals surface area (Å²) in [6.07, 6.45) is 1.80. The number of para-hydroxylation sites is 1. The van der Waals surface area contributed by atoms with Gasteiger partial charge in [0.2, 0.25) is 5.91 Å². The van der Waals surface area contributed by atoms with Crippen molar-refractivity contribution in [1.29, 1.82) is 0 Å². The average molecular weight is 444 g/mol. The monoisotopic (exact) mass is 443 g/mol. The van der Waals surface area contributed by atoms with Gasteiger partial charge in [0, 0.05) is 20.1 Å². The summed E-state index contributed by atoms with van der Waals surface area (Å²) in [5.74, 6) is -0.298. The molecule has 3 rings (SSSR count). The Morgan fingerprint density at radius 3 is 2.74 bits per heavy atom. The molecule has 8 heteroatoms. The van der Waals surface area contributed by atoms with E-state index in [-0.39, 0.29) is 29.5 Å². The topological polar surface area (TPSA) is 64.4 Å². The molecule has 1 heterocycles. The third-order valence-electron chi connectivity index (χ3n) is 4.95. The number of nitrogens with zero attached hydrogens (tertiary/aromatic N) is 3. The van der Waals surface area contributed by atoms with Crippen LogP contribution in [0.1, 0.15) is 25.3 Å². The molecule has 0 aliphatic rings. The fourth-order valence-electron chi connectivity index (χ4n) is 3.18. The molecule has 1 amide bonds. The third kappa shape index (κ3) is 5.44. The van der Waals surface area contributed by atoms with Crippen LogP contribution in [0.25, 0.3) is 10.9 Å². The Balaban J connectivity index is 1.74. The second-order valence-electron chi connectivity index (χ2n) is 7.23. The Morgan fingerprint density at radius 1 is 1.26 bits per heavy atom. The average Bonchev–Trinajstić information content (AvgIpc) is 2.77. The first-order valence-electron chi connectivity index (χ1n) is 10.1. The number of hydrogen-bond donors (Lipinski definition) is 0. The van der Waals surface area contributed by atoms with Crippen LogP contribution in [-0.2, 0) is 17.9 Å². The van der Waals surface area contributed by atoms with Crippen molar-refractivity contribution in [2.24, 2.45) is 0 Å². The molecule has 0 unspecified atom stereocenters. The molecular formula is C23H26FN3O3S. The van der Waals surface area contributed by atoms with Gasteiger partial charge in [-0.2, -0.15) is 0 Å². The minimum absolute atomic E-state index is 0.0870. The SMILES string of the molecule is CCCCn1c(SCC(=O)N(C)Cc2ccc(OC)c(F)c2)nc2ccccc2c1=O. The molecule has 0 radical (unpaired) electrons. The molecule has 31 heavy (non-hydrogen) atoms. The summed E-state index contributed by atoms with van der Waals surface area (Å²) >= 11 is 1.25. The van der Waals surface area contributed by atoms with Crippen molar-refractivity contribution in [2.45, 2.75) is 38.0 Å². The van der Waals surface area contributed by atoms with Crippen molar-refractivity contribution in [1.82, 2.24) is 14.5 Å². The van der Waals surface area contributed by atoms with E-state index in [0.717, 1.165) is 12.8 Å². The number of thioether (sulfide) groups is 1. The third-order valence-corrected chi connectivity index (χ3v) is 5.91. The highest BCUT2D eigenvalue weighted by Gasteiger charge is 2.16. The molecule has 6 nitrogen and oxygen atoms in total. The highest BCUT2D eigenvalue weighted by atomic mass is 32.2. The maximum Gasteiger partial charge on any atom is 0.262 e. The van der Waals surface area contributed by atoms with Crippen LogP contribution in [0.15, 0.2) is 52.4 Å².